The maximum absolute atomic E-state index is 12.1. The van der Waals surface area contributed by atoms with E-state index in [1.165, 1.54) is 42.5 Å². The van der Waals surface area contributed by atoms with Crippen LogP contribution in [0.1, 0.15) is 15.9 Å². The van der Waals surface area contributed by atoms with Crippen molar-refractivity contribution >= 4 is 17.5 Å². The van der Waals surface area contributed by atoms with E-state index in [-0.39, 0.29) is 23.7 Å². The van der Waals surface area contributed by atoms with Crippen molar-refractivity contribution < 1.29 is 27.4 Å². The molecule has 4 nitrogen and oxygen atoms in total. The van der Waals surface area contributed by atoms with Gasteiger partial charge in [0.2, 0.25) is 0 Å². The van der Waals surface area contributed by atoms with Crippen LogP contribution >= 0.6 is 11.6 Å². The van der Waals surface area contributed by atoms with E-state index in [0.29, 0.717) is 10.6 Å². The van der Waals surface area contributed by atoms with Crippen LogP contribution in [0.2, 0.25) is 5.02 Å². The topological polar surface area (TPSA) is 61.6 Å². The third kappa shape index (κ3) is 5.07. The second kappa shape index (κ2) is 6.78. The Hall–Kier alpha value is -2.41. The molecule has 122 valence electrons. The van der Waals surface area contributed by atoms with Crippen LogP contribution in [0, 0.1) is 0 Å². The standard InChI is InChI=1S/C15H11ClF3NO3/c16-10-3-6-12(14(20)21)13(7-10)22-8-9-1-4-11(5-2-9)23-15(17,18)19/h1-7H,8H2,(H2,20,21). The highest BCUT2D eigenvalue weighted by Gasteiger charge is 2.30. The first kappa shape index (κ1) is 17.0. The van der Waals surface area contributed by atoms with Crippen LogP contribution in [-0.4, -0.2) is 12.3 Å². The quantitative estimate of drug-likeness (QED) is 0.893. The Morgan fingerprint density at radius 1 is 1.13 bits per heavy atom. The van der Waals surface area contributed by atoms with Gasteiger partial charge in [0.05, 0.1) is 5.56 Å². The average molecular weight is 346 g/mol. The maximum atomic E-state index is 12.1. The molecule has 23 heavy (non-hydrogen) atoms. The second-order valence-corrected chi connectivity index (χ2v) is 4.92. The van der Waals surface area contributed by atoms with Crippen LogP contribution in [0.4, 0.5) is 13.2 Å². The average Bonchev–Trinajstić information content (AvgIpc) is 2.44. The number of rotatable bonds is 5. The van der Waals surface area contributed by atoms with Crippen LogP contribution in [0.15, 0.2) is 42.5 Å². The molecule has 0 saturated carbocycles. The van der Waals surface area contributed by atoms with E-state index in [1.807, 2.05) is 0 Å². The Morgan fingerprint density at radius 3 is 2.35 bits per heavy atom. The van der Waals surface area contributed by atoms with Gasteiger partial charge in [0.1, 0.15) is 18.1 Å². The van der Waals surface area contributed by atoms with E-state index in [9.17, 15) is 18.0 Å². The fourth-order valence-corrected chi connectivity index (χ4v) is 1.93. The van der Waals surface area contributed by atoms with Gasteiger partial charge in [0, 0.05) is 5.02 Å². The fraction of sp³-hybridized carbons (Fsp3) is 0.133. The van der Waals surface area contributed by atoms with Crippen LogP contribution in [0.5, 0.6) is 11.5 Å². The summed E-state index contributed by atoms with van der Waals surface area (Å²) in [5.74, 6) is -0.812. The van der Waals surface area contributed by atoms with Gasteiger partial charge in [-0.15, -0.1) is 13.2 Å². The molecule has 2 N–H and O–H groups in total. The van der Waals surface area contributed by atoms with Gasteiger partial charge in [0.15, 0.2) is 0 Å². The molecule has 0 aliphatic rings. The monoisotopic (exact) mass is 345 g/mol. The molecule has 0 bridgehead atoms. The van der Waals surface area contributed by atoms with Gasteiger partial charge < -0.3 is 15.2 Å². The molecule has 2 aromatic rings. The summed E-state index contributed by atoms with van der Waals surface area (Å²) < 4.78 is 45.4. The minimum Gasteiger partial charge on any atom is -0.488 e. The molecule has 2 rings (SSSR count). The lowest BCUT2D eigenvalue weighted by atomic mass is 10.2. The smallest absolute Gasteiger partial charge is 0.488 e. The fourth-order valence-electron chi connectivity index (χ4n) is 1.77. The number of carbonyl (C=O) groups is 1. The van der Waals surface area contributed by atoms with E-state index >= 15 is 0 Å². The van der Waals surface area contributed by atoms with Crippen LogP contribution in [0.3, 0.4) is 0 Å². The Morgan fingerprint density at radius 2 is 1.78 bits per heavy atom. The molecule has 0 aromatic heterocycles. The van der Waals surface area contributed by atoms with Gasteiger partial charge in [-0.3, -0.25) is 4.79 Å². The van der Waals surface area contributed by atoms with Gasteiger partial charge in [0.25, 0.3) is 5.91 Å². The third-order valence-corrected chi connectivity index (χ3v) is 3.00. The van der Waals surface area contributed by atoms with E-state index in [2.05, 4.69) is 4.74 Å². The SMILES string of the molecule is NC(=O)c1ccc(Cl)cc1OCc1ccc(OC(F)(F)F)cc1. The molecule has 8 heteroatoms. The van der Waals surface area contributed by atoms with Crippen molar-refractivity contribution in [3.63, 3.8) is 0 Å². The summed E-state index contributed by atoms with van der Waals surface area (Å²) in [6.45, 7) is 0.0208. The molecule has 0 radical (unpaired) electrons. The first-order valence-electron chi connectivity index (χ1n) is 6.31. The predicted octanol–water partition coefficient (Wildman–Crippen LogP) is 3.92. The summed E-state index contributed by atoms with van der Waals surface area (Å²) in [5.41, 5.74) is 5.96. The molecule has 0 aliphatic heterocycles. The molecule has 0 aliphatic carbocycles. The molecule has 0 fully saturated rings. The van der Waals surface area contributed by atoms with Gasteiger partial charge in [-0.25, -0.2) is 0 Å². The number of amides is 1. The number of alkyl halides is 3. The molecule has 0 heterocycles. The Kier molecular flexibility index (Phi) is 5.00. The van der Waals surface area contributed by atoms with Gasteiger partial charge >= 0.3 is 6.36 Å². The lowest BCUT2D eigenvalue weighted by Crippen LogP contribution is -2.17. The van der Waals surface area contributed by atoms with Crippen molar-refractivity contribution in [1.82, 2.24) is 0 Å². The number of carbonyl (C=O) groups excluding carboxylic acids is 1. The van der Waals surface area contributed by atoms with Crippen molar-refractivity contribution in [2.45, 2.75) is 13.0 Å². The van der Waals surface area contributed by atoms with Crippen molar-refractivity contribution in [1.29, 1.82) is 0 Å². The molecule has 1 amide bonds. The summed E-state index contributed by atoms with van der Waals surface area (Å²) in [5, 5.41) is 0.360. The minimum absolute atomic E-state index is 0.0208. The molecular weight excluding hydrogens is 335 g/mol. The third-order valence-electron chi connectivity index (χ3n) is 2.76. The summed E-state index contributed by atoms with van der Waals surface area (Å²) in [6, 6.07) is 9.52. The first-order valence-corrected chi connectivity index (χ1v) is 6.69. The van der Waals surface area contributed by atoms with Crippen molar-refractivity contribution in [2.75, 3.05) is 0 Å². The number of ether oxygens (including phenoxy) is 2. The normalized spacial score (nSPS) is 11.1. The zero-order valence-electron chi connectivity index (χ0n) is 11.6. The van der Waals surface area contributed by atoms with Crippen molar-refractivity contribution in [2.24, 2.45) is 5.73 Å². The van der Waals surface area contributed by atoms with Gasteiger partial charge in [-0.2, -0.15) is 0 Å². The van der Waals surface area contributed by atoms with Crippen LogP contribution < -0.4 is 15.2 Å². The number of primary amides is 1. The summed E-state index contributed by atoms with van der Waals surface area (Å²) in [6.07, 6.45) is -4.74. The second-order valence-electron chi connectivity index (χ2n) is 4.49. The Labute approximate surface area is 134 Å². The van der Waals surface area contributed by atoms with E-state index in [1.54, 1.807) is 0 Å². The predicted molar refractivity (Wildman–Crippen MR) is 77.4 cm³/mol. The number of hydrogen-bond acceptors (Lipinski definition) is 3. The molecule has 0 saturated heterocycles. The van der Waals surface area contributed by atoms with E-state index in [0.717, 1.165) is 0 Å². The van der Waals surface area contributed by atoms with Crippen LogP contribution in [-0.2, 0) is 6.61 Å². The summed E-state index contributed by atoms with van der Waals surface area (Å²) in [4.78, 5) is 11.3. The lowest BCUT2D eigenvalue weighted by molar-refractivity contribution is -0.274. The van der Waals surface area contributed by atoms with E-state index in [4.69, 9.17) is 22.1 Å². The molecule has 2 aromatic carbocycles. The molecule has 0 spiro atoms. The van der Waals surface area contributed by atoms with Crippen molar-refractivity contribution in [3.05, 3.63) is 58.6 Å². The summed E-state index contributed by atoms with van der Waals surface area (Å²) in [7, 11) is 0. The number of benzene rings is 2. The molecule has 0 atom stereocenters. The molecule has 0 unspecified atom stereocenters. The number of nitrogens with two attached hydrogens (primary N) is 1. The lowest BCUT2D eigenvalue weighted by Gasteiger charge is -2.11. The first-order chi connectivity index (χ1) is 10.7. The Balaban J connectivity index is 2.07. The molecular formula is C15H11ClF3NO3. The highest BCUT2D eigenvalue weighted by atomic mass is 35.5. The minimum atomic E-state index is -4.74. The van der Waals surface area contributed by atoms with E-state index < -0.39 is 12.3 Å². The summed E-state index contributed by atoms with van der Waals surface area (Å²) >= 11 is 5.83. The number of hydrogen-bond donors (Lipinski definition) is 1. The highest BCUT2D eigenvalue weighted by Crippen LogP contribution is 2.25. The van der Waals surface area contributed by atoms with Crippen molar-refractivity contribution in [3.8, 4) is 11.5 Å². The largest absolute Gasteiger partial charge is 0.573 e. The van der Waals surface area contributed by atoms with Gasteiger partial charge in [-0.05, 0) is 35.9 Å². The van der Waals surface area contributed by atoms with Gasteiger partial charge in [-0.1, -0.05) is 23.7 Å². The highest BCUT2D eigenvalue weighted by molar-refractivity contribution is 6.30. The zero-order valence-corrected chi connectivity index (χ0v) is 12.3. The zero-order chi connectivity index (χ0) is 17.0. The van der Waals surface area contributed by atoms with Crippen LogP contribution in [0.25, 0.3) is 0 Å². The number of halogens is 4. The Bertz CT molecular complexity index is 702. The maximum Gasteiger partial charge on any atom is 0.573 e.